The first-order valence-electron chi connectivity index (χ1n) is 13.7. The molecule has 1 saturated carbocycles. The minimum Gasteiger partial charge on any atom is -0.319 e. The predicted octanol–water partition coefficient (Wildman–Crippen LogP) is 8.57. The summed E-state index contributed by atoms with van der Waals surface area (Å²) in [6.07, 6.45) is 20.8. The Morgan fingerprint density at radius 1 is 0.694 bits per heavy atom. The molecule has 2 nitrogen and oxygen atoms in total. The highest BCUT2D eigenvalue weighted by molar-refractivity contribution is 5.50. The van der Waals surface area contributed by atoms with Gasteiger partial charge in [-0.2, -0.15) is 0 Å². The zero-order valence-corrected chi connectivity index (χ0v) is 21.3. The van der Waals surface area contributed by atoms with E-state index in [4.69, 9.17) is 4.98 Å². The molecule has 0 atom stereocenters. The molecule has 1 heterocycles. The van der Waals surface area contributed by atoms with Gasteiger partial charge < -0.3 is 4.57 Å². The molecule has 0 spiro atoms. The average molecular weight is 475 g/mol. The van der Waals surface area contributed by atoms with E-state index in [1.807, 2.05) is 6.33 Å². The van der Waals surface area contributed by atoms with Crippen molar-refractivity contribution >= 4 is 0 Å². The van der Waals surface area contributed by atoms with Crippen molar-refractivity contribution in [3.05, 3.63) is 138 Å². The van der Waals surface area contributed by atoms with E-state index in [0.717, 1.165) is 24.5 Å². The topological polar surface area (TPSA) is 17.8 Å². The smallest absolute Gasteiger partial charge is 0.121 e. The predicted molar refractivity (Wildman–Crippen MR) is 150 cm³/mol. The number of aromatic nitrogens is 2. The van der Waals surface area contributed by atoms with Crippen LogP contribution >= 0.6 is 0 Å². The number of aryl methyl sites for hydroxylation is 1. The van der Waals surface area contributed by atoms with E-state index in [9.17, 15) is 0 Å². The first-order chi connectivity index (χ1) is 17.9. The molecule has 1 fully saturated rings. The molecule has 4 aromatic rings. The molecule has 0 unspecified atom stereocenters. The first-order valence-corrected chi connectivity index (χ1v) is 13.7. The van der Waals surface area contributed by atoms with Crippen LogP contribution in [0.4, 0.5) is 0 Å². The quantitative estimate of drug-likeness (QED) is 0.166. The van der Waals surface area contributed by atoms with E-state index in [2.05, 4.69) is 114 Å². The van der Waals surface area contributed by atoms with Crippen molar-refractivity contribution in [2.24, 2.45) is 5.92 Å². The van der Waals surface area contributed by atoms with Crippen LogP contribution in [0.2, 0.25) is 0 Å². The van der Waals surface area contributed by atoms with E-state index in [0.29, 0.717) is 0 Å². The van der Waals surface area contributed by atoms with Crippen LogP contribution in [0.3, 0.4) is 0 Å². The minimum atomic E-state index is -0.481. The molecular formula is C34H38N2. The standard InChI is InChI=1S/C34H38N2/c1(7-17-29-18-8-3-9-19-29)2-16-26-33-27-36(28-35-33)34(30-20-10-4-11-21-30,31-22-12-5-13-23-31)32-24-14-6-15-25-32/h1-2,4-6,10-15,20-25,27-29H,3,7-9,16-19,26H2/b2-1+. The number of hydrogen-bond donors (Lipinski definition) is 0. The van der Waals surface area contributed by atoms with Gasteiger partial charge in [0.1, 0.15) is 5.54 Å². The first kappa shape index (κ1) is 24.3. The van der Waals surface area contributed by atoms with Crippen LogP contribution in [0.1, 0.15) is 73.8 Å². The van der Waals surface area contributed by atoms with Gasteiger partial charge in [-0.15, -0.1) is 0 Å². The monoisotopic (exact) mass is 474 g/mol. The molecule has 0 saturated heterocycles. The Kier molecular flexibility index (Phi) is 8.13. The third-order valence-corrected chi connectivity index (χ3v) is 7.80. The lowest BCUT2D eigenvalue weighted by atomic mass is 9.77. The molecule has 2 heteroatoms. The van der Waals surface area contributed by atoms with Crippen LogP contribution in [0, 0.1) is 5.92 Å². The van der Waals surface area contributed by atoms with Crippen molar-refractivity contribution < 1.29 is 0 Å². The maximum absolute atomic E-state index is 4.88. The fraction of sp³-hybridized carbons (Fsp3) is 0.324. The molecule has 5 rings (SSSR count). The van der Waals surface area contributed by atoms with Crippen LogP contribution in [0.15, 0.2) is 116 Å². The van der Waals surface area contributed by atoms with Gasteiger partial charge in [0.15, 0.2) is 0 Å². The van der Waals surface area contributed by atoms with Gasteiger partial charge in [0.05, 0.1) is 12.0 Å². The summed E-state index contributed by atoms with van der Waals surface area (Å²) in [6, 6.07) is 32.4. The Morgan fingerprint density at radius 2 is 1.22 bits per heavy atom. The van der Waals surface area contributed by atoms with Gasteiger partial charge in [0, 0.05) is 6.20 Å². The average Bonchev–Trinajstić information content (AvgIpc) is 3.42. The highest BCUT2D eigenvalue weighted by Crippen LogP contribution is 2.40. The number of rotatable bonds is 10. The van der Waals surface area contributed by atoms with Gasteiger partial charge in [0.2, 0.25) is 0 Å². The highest BCUT2D eigenvalue weighted by atomic mass is 15.1. The Morgan fingerprint density at radius 3 is 1.78 bits per heavy atom. The van der Waals surface area contributed by atoms with Crippen molar-refractivity contribution in [1.82, 2.24) is 9.55 Å². The van der Waals surface area contributed by atoms with Gasteiger partial charge in [-0.1, -0.05) is 135 Å². The number of allylic oxidation sites excluding steroid dienone is 2. The second kappa shape index (κ2) is 12.0. The summed E-state index contributed by atoms with van der Waals surface area (Å²) in [5.74, 6) is 0.959. The van der Waals surface area contributed by atoms with Gasteiger partial charge in [-0.05, 0) is 48.3 Å². The number of hydrogen-bond acceptors (Lipinski definition) is 1. The summed E-state index contributed by atoms with van der Waals surface area (Å²) >= 11 is 0. The second-order valence-electron chi connectivity index (χ2n) is 10.2. The maximum atomic E-state index is 4.88. The van der Waals surface area contributed by atoms with Gasteiger partial charge in [-0.3, -0.25) is 0 Å². The largest absolute Gasteiger partial charge is 0.319 e. The number of imidazole rings is 1. The molecule has 0 aliphatic heterocycles. The Hall–Kier alpha value is -3.39. The summed E-state index contributed by atoms with van der Waals surface area (Å²) in [4.78, 5) is 4.88. The van der Waals surface area contributed by atoms with E-state index in [1.54, 1.807) is 0 Å². The minimum absolute atomic E-state index is 0.481. The normalized spacial score (nSPS) is 14.9. The van der Waals surface area contributed by atoms with Crippen molar-refractivity contribution in [1.29, 1.82) is 0 Å². The fourth-order valence-corrected chi connectivity index (χ4v) is 5.94. The van der Waals surface area contributed by atoms with Crippen LogP contribution in [0.5, 0.6) is 0 Å². The van der Waals surface area contributed by atoms with Crippen molar-refractivity contribution in [2.45, 2.75) is 63.3 Å². The zero-order chi connectivity index (χ0) is 24.5. The lowest BCUT2D eigenvalue weighted by molar-refractivity contribution is 0.341. The van der Waals surface area contributed by atoms with E-state index < -0.39 is 5.54 Å². The Labute approximate surface area is 216 Å². The zero-order valence-electron chi connectivity index (χ0n) is 21.3. The summed E-state index contributed by atoms with van der Waals surface area (Å²) < 4.78 is 2.31. The van der Waals surface area contributed by atoms with Crippen molar-refractivity contribution in [3.8, 4) is 0 Å². The molecule has 184 valence electrons. The van der Waals surface area contributed by atoms with Crippen LogP contribution in [-0.2, 0) is 12.0 Å². The summed E-state index contributed by atoms with van der Waals surface area (Å²) in [5, 5.41) is 0. The SMILES string of the molecule is C(=C\CCC1CCCCC1)/CCc1cn(C(c2ccccc2)(c2ccccc2)c2ccccc2)cn1. The molecule has 0 radical (unpaired) electrons. The summed E-state index contributed by atoms with van der Waals surface area (Å²) in [7, 11) is 0. The van der Waals surface area contributed by atoms with E-state index in [1.165, 1.54) is 61.6 Å². The number of benzene rings is 3. The van der Waals surface area contributed by atoms with Crippen LogP contribution in [0.25, 0.3) is 0 Å². The maximum Gasteiger partial charge on any atom is 0.121 e. The molecular weight excluding hydrogens is 436 g/mol. The number of nitrogens with zero attached hydrogens (tertiary/aromatic N) is 2. The molecule has 1 aromatic heterocycles. The van der Waals surface area contributed by atoms with Crippen molar-refractivity contribution in [3.63, 3.8) is 0 Å². The van der Waals surface area contributed by atoms with Gasteiger partial charge in [0.25, 0.3) is 0 Å². The highest BCUT2D eigenvalue weighted by Gasteiger charge is 2.38. The molecule has 0 amide bonds. The molecule has 1 aliphatic rings. The summed E-state index contributed by atoms with van der Waals surface area (Å²) in [5.41, 5.74) is 4.35. The van der Waals surface area contributed by atoms with Crippen molar-refractivity contribution in [2.75, 3.05) is 0 Å². The van der Waals surface area contributed by atoms with Gasteiger partial charge in [-0.25, -0.2) is 4.98 Å². The summed E-state index contributed by atoms with van der Waals surface area (Å²) in [6.45, 7) is 0. The molecule has 36 heavy (non-hydrogen) atoms. The Balaban J connectivity index is 1.39. The molecule has 0 bridgehead atoms. The molecule has 3 aromatic carbocycles. The third kappa shape index (κ3) is 5.38. The van der Waals surface area contributed by atoms with E-state index in [-0.39, 0.29) is 0 Å². The lowest BCUT2D eigenvalue weighted by Crippen LogP contribution is -2.36. The molecule has 1 aliphatic carbocycles. The van der Waals surface area contributed by atoms with Crippen LogP contribution in [-0.4, -0.2) is 9.55 Å². The lowest BCUT2D eigenvalue weighted by Gasteiger charge is -2.37. The fourth-order valence-electron chi connectivity index (χ4n) is 5.94. The van der Waals surface area contributed by atoms with Gasteiger partial charge >= 0.3 is 0 Å². The van der Waals surface area contributed by atoms with E-state index >= 15 is 0 Å². The Bertz CT molecular complexity index is 1110. The second-order valence-corrected chi connectivity index (χ2v) is 10.2. The third-order valence-electron chi connectivity index (χ3n) is 7.80. The molecule has 0 N–H and O–H groups in total. The van der Waals surface area contributed by atoms with Crippen LogP contribution < -0.4 is 0 Å².